The zero-order valence-corrected chi connectivity index (χ0v) is 15.3. The van der Waals surface area contributed by atoms with Crippen LogP contribution in [0.25, 0.3) is 0 Å². The first-order valence-corrected chi connectivity index (χ1v) is 14.7. The predicted octanol–water partition coefficient (Wildman–Crippen LogP) is 5.64. The lowest BCUT2D eigenvalue weighted by Gasteiger charge is -2.27. The maximum Gasteiger partial charge on any atom is 0.241 e. The Bertz CT molecular complexity index is 284. The Hall–Kier alpha value is -0.0262. The Morgan fingerprint density at radius 3 is 2.39 bits per heavy atom. The van der Waals surface area contributed by atoms with Gasteiger partial charge >= 0.3 is 0 Å². The Morgan fingerprint density at radius 2 is 1.83 bits per heavy atom. The number of hydrogen-bond donors (Lipinski definition) is 0. The lowest BCUT2D eigenvalue weighted by atomic mass is 9.91. The molecule has 0 saturated heterocycles. The predicted molar refractivity (Wildman–Crippen MR) is 87.2 cm³/mol. The number of rotatable bonds is 6. The molecule has 1 atom stereocenters. The van der Waals surface area contributed by atoms with Gasteiger partial charge in [-0.2, -0.15) is 0 Å². The van der Waals surface area contributed by atoms with Crippen molar-refractivity contribution in [1.82, 2.24) is 0 Å². The molecule has 0 aromatic carbocycles. The molecule has 0 radical (unpaired) electrons. The van der Waals surface area contributed by atoms with Crippen LogP contribution in [0.1, 0.15) is 32.1 Å². The summed E-state index contributed by atoms with van der Waals surface area (Å²) in [6.07, 6.45) is 9.12. The summed E-state index contributed by atoms with van der Waals surface area (Å²) < 4.78 is 6.16. The fourth-order valence-electron chi connectivity index (χ4n) is 2.57. The minimum atomic E-state index is -1.40. The molecule has 0 spiro atoms. The van der Waals surface area contributed by atoms with Gasteiger partial charge in [0.1, 0.15) is 0 Å². The quantitative estimate of drug-likeness (QED) is 0.573. The minimum Gasteiger partial charge on any atom is -0.548 e. The van der Waals surface area contributed by atoms with Crippen molar-refractivity contribution in [1.29, 1.82) is 0 Å². The average molecular weight is 285 g/mol. The monoisotopic (exact) mass is 284 g/mol. The summed E-state index contributed by atoms with van der Waals surface area (Å²) >= 11 is 0. The van der Waals surface area contributed by atoms with Gasteiger partial charge in [0.15, 0.2) is 0 Å². The number of hydrogen-bond acceptors (Lipinski definition) is 1. The van der Waals surface area contributed by atoms with E-state index in [-0.39, 0.29) is 0 Å². The van der Waals surface area contributed by atoms with Gasteiger partial charge in [0.2, 0.25) is 8.32 Å². The van der Waals surface area contributed by atoms with E-state index in [1.807, 2.05) is 0 Å². The van der Waals surface area contributed by atoms with Gasteiger partial charge in [-0.1, -0.05) is 32.1 Å². The zero-order valence-electron chi connectivity index (χ0n) is 13.3. The third kappa shape index (κ3) is 7.42. The van der Waals surface area contributed by atoms with E-state index >= 15 is 0 Å². The Labute approximate surface area is 116 Å². The molecule has 0 amide bonds. The second-order valence-electron chi connectivity index (χ2n) is 7.95. The summed E-state index contributed by atoms with van der Waals surface area (Å²) in [5, 5.41) is 0. The first-order chi connectivity index (χ1) is 8.16. The minimum absolute atomic E-state index is 0.793. The maximum absolute atomic E-state index is 6.16. The molecular weight excluding hydrogens is 252 g/mol. The largest absolute Gasteiger partial charge is 0.548 e. The third-order valence-electron chi connectivity index (χ3n) is 3.36. The lowest BCUT2D eigenvalue weighted by Crippen LogP contribution is -2.26. The molecule has 106 valence electrons. The third-order valence-corrected chi connectivity index (χ3v) is 6.09. The van der Waals surface area contributed by atoms with Crippen LogP contribution in [0.15, 0.2) is 11.8 Å². The topological polar surface area (TPSA) is 9.23 Å². The molecule has 1 nitrogen and oxygen atoms in total. The summed E-state index contributed by atoms with van der Waals surface area (Å²) in [6.45, 7) is 14.3. The van der Waals surface area contributed by atoms with E-state index in [1.54, 1.807) is 0 Å². The van der Waals surface area contributed by atoms with Gasteiger partial charge < -0.3 is 4.43 Å². The number of allylic oxidation sites excluding steroid dienone is 2. The zero-order chi connectivity index (χ0) is 13.8. The molecule has 0 heterocycles. The smallest absolute Gasteiger partial charge is 0.241 e. The van der Waals surface area contributed by atoms with Crippen LogP contribution in [0, 0.1) is 5.92 Å². The van der Waals surface area contributed by atoms with Gasteiger partial charge in [0, 0.05) is 14.5 Å². The van der Waals surface area contributed by atoms with Gasteiger partial charge in [-0.25, -0.2) is 0 Å². The van der Waals surface area contributed by atoms with Crippen molar-refractivity contribution in [3.63, 3.8) is 0 Å². The van der Waals surface area contributed by atoms with E-state index in [0.717, 1.165) is 5.92 Å². The molecule has 0 fully saturated rings. The van der Waals surface area contributed by atoms with Gasteiger partial charge in [0.25, 0.3) is 0 Å². The van der Waals surface area contributed by atoms with E-state index in [9.17, 15) is 0 Å². The van der Waals surface area contributed by atoms with E-state index in [1.165, 1.54) is 43.9 Å². The average Bonchev–Trinajstić information content (AvgIpc) is 2.13. The highest BCUT2D eigenvalue weighted by atomic mass is 28.4. The van der Waals surface area contributed by atoms with Crippen LogP contribution in [0.3, 0.4) is 0 Å². The second-order valence-corrected chi connectivity index (χ2v) is 18.0. The first kappa shape index (κ1) is 16.0. The van der Waals surface area contributed by atoms with E-state index in [4.69, 9.17) is 4.43 Å². The Kier molecular flexibility index (Phi) is 5.72. The molecule has 0 N–H and O–H groups in total. The van der Waals surface area contributed by atoms with Gasteiger partial charge in [-0.15, -0.1) is 0 Å². The van der Waals surface area contributed by atoms with Crippen LogP contribution in [0.4, 0.5) is 0 Å². The van der Waals surface area contributed by atoms with Crippen molar-refractivity contribution in [3.8, 4) is 0 Å². The molecule has 0 saturated carbocycles. The molecule has 0 aromatic heterocycles. The highest BCUT2D eigenvalue weighted by molar-refractivity contribution is 6.76. The van der Waals surface area contributed by atoms with E-state index < -0.39 is 16.4 Å². The van der Waals surface area contributed by atoms with Crippen molar-refractivity contribution in [2.24, 2.45) is 5.92 Å². The molecule has 1 aliphatic carbocycles. The van der Waals surface area contributed by atoms with Crippen molar-refractivity contribution in [3.05, 3.63) is 11.8 Å². The first-order valence-electron chi connectivity index (χ1n) is 7.55. The van der Waals surface area contributed by atoms with Crippen LogP contribution in [-0.2, 0) is 4.43 Å². The molecule has 1 unspecified atom stereocenters. The summed E-state index contributed by atoms with van der Waals surface area (Å²) in [5.74, 6) is 2.10. The van der Waals surface area contributed by atoms with E-state index in [2.05, 4.69) is 45.4 Å². The summed E-state index contributed by atoms with van der Waals surface area (Å²) in [6, 6.07) is 1.47. The van der Waals surface area contributed by atoms with Crippen molar-refractivity contribution < 1.29 is 4.43 Å². The standard InChI is InChI=1S/C15H32OSi2/c1-17(2,3)12-8-10-14-9-7-11-15(13-14)16-18(4,5)6/h13-14H,7-12H2,1-6H3. The molecule has 0 aromatic rings. The van der Waals surface area contributed by atoms with Crippen LogP contribution in [-0.4, -0.2) is 16.4 Å². The van der Waals surface area contributed by atoms with Crippen molar-refractivity contribution in [2.75, 3.05) is 0 Å². The molecule has 0 aliphatic heterocycles. The highest BCUT2D eigenvalue weighted by Gasteiger charge is 2.21. The van der Waals surface area contributed by atoms with Gasteiger partial charge in [-0.3, -0.25) is 0 Å². The molecule has 0 bridgehead atoms. The van der Waals surface area contributed by atoms with Crippen LogP contribution in [0.5, 0.6) is 0 Å². The van der Waals surface area contributed by atoms with Crippen LogP contribution in [0.2, 0.25) is 45.3 Å². The Morgan fingerprint density at radius 1 is 1.17 bits per heavy atom. The second kappa shape index (κ2) is 6.42. The molecule has 1 aliphatic rings. The fourth-order valence-corrected chi connectivity index (χ4v) is 4.79. The fraction of sp³-hybridized carbons (Fsp3) is 0.867. The van der Waals surface area contributed by atoms with Crippen LogP contribution >= 0.6 is 0 Å². The molecule has 3 heteroatoms. The molecular formula is C15H32OSi2. The summed E-state index contributed by atoms with van der Waals surface area (Å²) in [5.41, 5.74) is 0. The lowest BCUT2D eigenvalue weighted by molar-refractivity contribution is 0.352. The van der Waals surface area contributed by atoms with Crippen molar-refractivity contribution >= 4 is 16.4 Å². The SMILES string of the molecule is C[Si](C)(C)CCCC1C=C(O[Si](C)(C)C)CCC1. The normalized spacial score (nSPS) is 21.7. The molecule has 1 rings (SSSR count). The highest BCUT2D eigenvalue weighted by Crippen LogP contribution is 2.29. The molecule has 18 heavy (non-hydrogen) atoms. The summed E-state index contributed by atoms with van der Waals surface area (Å²) in [7, 11) is -2.24. The van der Waals surface area contributed by atoms with Crippen LogP contribution < -0.4 is 0 Å². The maximum atomic E-state index is 6.16. The van der Waals surface area contributed by atoms with Crippen molar-refractivity contribution in [2.45, 2.75) is 77.4 Å². The van der Waals surface area contributed by atoms with Gasteiger partial charge in [-0.05, 0) is 50.9 Å². The van der Waals surface area contributed by atoms with E-state index in [0.29, 0.717) is 0 Å². The summed E-state index contributed by atoms with van der Waals surface area (Å²) in [4.78, 5) is 0. The Balaban J connectivity index is 2.40. The van der Waals surface area contributed by atoms with Gasteiger partial charge in [0.05, 0.1) is 5.76 Å².